The predicted octanol–water partition coefficient (Wildman–Crippen LogP) is 1.30. The number of rotatable bonds is 8. The summed E-state index contributed by atoms with van der Waals surface area (Å²) < 4.78 is 30.3. The van der Waals surface area contributed by atoms with Crippen LogP contribution < -0.4 is 0 Å². The molecule has 102 valence electrons. The Labute approximate surface area is 106 Å². The molecule has 1 heterocycles. The number of carboxylic acid groups (broad SMARTS) is 1. The molecule has 0 aliphatic heterocycles. The molecule has 0 spiro atoms. The third-order valence-electron chi connectivity index (χ3n) is 2.45. The van der Waals surface area contributed by atoms with E-state index in [-0.39, 0.29) is 25.1 Å². The Balaban J connectivity index is 2.59. The van der Waals surface area contributed by atoms with E-state index in [9.17, 15) is 13.2 Å². The van der Waals surface area contributed by atoms with Gasteiger partial charge in [0.2, 0.25) is 10.0 Å². The monoisotopic (exact) mass is 275 g/mol. The van der Waals surface area contributed by atoms with Crippen molar-refractivity contribution in [1.82, 2.24) is 4.31 Å². The molecule has 0 amide bonds. The maximum Gasteiger partial charge on any atom is 0.303 e. The molecule has 0 radical (unpaired) electrons. The maximum absolute atomic E-state index is 12.0. The molecule has 1 rings (SSSR count). The van der Waals surface area contributed by atoms with Crippen molar-refractivity contribution < 1.29 is 22.7 Å². The van der Waals surface area contributed by atoms with Gasteiger partial charge >= 0.3 is 5.97 Å². The van der Waals surface area contributed by atoms with Gasteiger partial charge in [0.15, 0.2) is 0 Å². The zero-order valence-corrected chi connectivity index (χ0v) is 11.0. The van der Waals surface area contributed by atoms with Gasteiger partial charge in [0.25, 0.3) is 0 Å². The average Bonchev–Trinajstić information content (AvgIpc) is 2.77. The standard InChI is InChI=1S/C11H17NO5S/c1-2-12(9-10-5-3-7-17-10)18(15,16)8-4-6-11(13)14/h3,5,7H,2,4,6,8-9H2,1H3,(H,13,14). The summed E-state index contributed by atoms with van der Waals surface area (Å²) in [4.78, 5) is 10.4. The van der Waals surface area contributed by atoms with Crippen LogP contribution in [0.3, 0.4) is 0 Å². The highest BCUT2D eigenvalue weighted by Gasteiger charge is 2.21. The van der Waals surface area contributed by atoms with Crippen LogP contribution in [0.2, 0.25) is 0 Å². The highest BCUT2D eigenvalue weighted by molar-refractivity contribution is 7.89. The summed E-state index contributed by atoms with van der Waals surface area (Å²) in [6.45, 7) is 2.24. The maximum atomic E-state index is 12.0. The van der Waals surface area contributed by atoms with Gasteiger partial charge in [0, 0.05) is 13.0 Å². The second-order valence-corrected chi connectivity index (χ2v) is 5.91. The zero-order valence-electron chi connectivity index (χ0n) is 10.2. The van der Waals surface area contributed by atoms with E-state index in [4.69, 9.17) is 9.52 Å². The summed E-state index contributed by atoms with van der Waals surface area (Å²) in [5.74, 6) is -0.577. The van der Waals surface area contributed by atoms with E-state index < -0.39 is 16.0 Å². The van der Waals surface area contributed by atoms with Gasteiger partial charge in [-0.1, -0.05) is 6.92 Å². The van der Waals surface area contributed by atoms with Gasteiger partial charge in [-0.15, -0.1) is 0 Å². The molecule has 0 aliphatic carbocycles. The molecular formula is C11H17NO5S. The molecule has 7 heteroatoms. The van der Waals surface area contributed by atoms with E-state index in [2.05, 4.69) is 0 Å². The molecule has 0 saturated heterocycles. The summed E-state index contributed by atoms with van der Waals surface area (Å²) in [6, 6.07) is 3.40. The van der Waals surface area contributed by atoms with Crippen molar-refractivity contribution in [1.29, 1.82) is 0 Å². The molecule has 0 fully saturated rings. The van der Waals surface area contributed by atoms with Crippen molar-refractivity contribution in [2.75, 3.05) is 12.3 Å². The molecule has 0 saturated carbocycles. The molecule has 1 aromatic heterocycles. The van der Waals surface area contributed by atoms with Gasteiger partial charge in [0.05, 0.1) is 18.6 Å². The van der Waals surface area contributed by atoms with E-state index in [0.29, 0.717) is 12.3 Å². The molecule has 1 N–H and O–H groups in total. The third-order valence-corrected chi connectivity index (χ3v) is 4.43. The highest BCUT2D eigenvalue weighted by Crippen LogP contribution is 2.11. The van der Waals surface area contributed by atoms with Crippen LogP contribution in [0.4, 0.5) is 0 Å². The van der Waals surface area contributed by atoms with Crippen molar-refractivity contribution >= 4 is 16.0 Å². The van der Waals surface area contributed by atoms with Crippen molar-refractivity contribution in [3.63, 3.8) is 0 Å². The number of carbonyl (C=O) groups is 1. The topological polar surface area (TPSA) is 87.8 Å². The normalized spacial score (nSPS) is 11.9. The molecule has 0 aliphatic rings. The number of aliphatic carboxylic acids is 1. The van der Waals surface area contributed by atoms with Crippen LogP contribution in [0.1, 0.15) is 25.5 Å². The minimum Gasteiger partial charge on any atom is -0.481 e. The van der Waals surface area contributed by atoms with E-state index in [1.54, 1.807) is 19.1 Å². The first-order chi connectivity index (χ1) is 8.45. The fraction of sp³-hybridized carbons (Fsp3) is 0.545. The Bertz CT molecular complexity index is 466. The van der Waals surface area contributed by atoms with Gasteiger partial charge in [-0.25, -0.2) is 8.42 Å². The first-order valence-corrected chi connectivity index (χ1v) is 7.28. The van der Waals surface area contributed by atoms with Crippen molar-refractivity contribution in [2.45, 2.75) is 26.3 Å². The van der Waals surface area contributed by atoms with Crippen LogP contribution in [0, 0.1) is 0 Å². The van der Waals surface area contributed by atoms with Crippen molar-refractivity contribution in [2.24, 2.45) is 0 Å². The first-order valence-electron chi connectivity index (χ1n) is 5.67. The van der Waals surface area contributed by atoms with E-state index in [0.717, 1.165) is 0 Å². The lowest BCUT2D eigenvalue weighted by atomic mass is 10.3. The lowest BCUT2D eigenvalue weighted by Gasteiger charge is -2.18. The number of hydrogen-bond donors (Lipinski definition) is 1. The van der Waals surface area contributed by atoms with Gasteiger partial charge < -0.3 is 9.52 Å². The second-order valence-electron chi connectivity index (χ2n) is 3.82. The van der Waals surface area contributed by atoms with Gasteiger partial charge in [0.1, 0.15) is 5.76 Å². The summed E-state index contributed by atoms with van der Waals surface area (Å²) in [5, 5.41) is 8.49. The Hall–Kier alpha value is -1.34. The fourth-order valence-corrected chi connectivity index (χ4v) is 3.00. The molecule has 1 aromatic rings. The third kappa shape index (κ3) is 4.50. The minimum atomic E-state index is -3.43. The molecule has 0 atom stereocenters. The van der Waals surface area contributed by atoms with Gasteiger partial charge in [-0.3, -0.25) is 4.79 Å². The van der Waals surface area contributed by atoms with E-state index in [1.807, 2.05) is 0 Å². The quantitative estimate of drug-likeness (QED) is 0.772. The summed E-state index contributed by atoms with van der Waals surface area (Å²) in [7, 11) is -3.43. The largest absolute Gasteiger partial charge is 0.481 e. The lowest BCUT2D eigenvalue weighted by Crippen LogP contribution is -2.32. The first kappa shape index (κ1) is 14.7. The van der Waals surface area contributed by atoms with Crippen LogP contribution >= 0.6 is 0 Å². The Morgan fingerprint density at radius 3 is 2.72 bits per heavy atom. The fourth-order valence-electron chi connectivity index (χ4n) is 1.52. The summed E-state index contributed by atoms with van der Waals surface area (Å²) in [5.41, 5.74) is 0. The van der Waals surface area contributed by atoms with Crippen LogP contribution in [0.15, 0.2) is 22.8 Å². The summed E-state index contributed by atoms with van der Waals surface area (Å²) in [6.07, 6.45) is 1.46. The smallest absolute Gasteiger partial charge is 0.303 e. The Kier molecular flexibility index (Phi) is 5.36. The highest BCUT2D eigenvalue weighted by atomic mass is 32.2. The molecule has 0 unspecified atom stereocenters. The van der Waals surface area contributed by atoms with Gasteiger partial charge in [-0.05, 0) is 18.6 Å². The number of carboxylic acids is 1. The zero-order chi connectivity index (χ0) is 13.6. The van der Waals surface area contributed by atoms with E-state index in [1.165, 1.54) is 10.6 Å². The number of furan rings is 1. The van der Waals surface area contributed by atoms with Crippen LogP contribution in [-0.2, 0) is 21.4 Å². The number of sulfonamides is 1. The minimum absolute atomic E-state index is 0.117. The van der Waals surface area contributed by atoms with Gasteiger partial charge in [-0.2, -0.15) is 4.31 Å². The number of nitrogens with zero attached hydrogens (tertiary/aromatic N) is 1. The molecule has 18 heavy (non-hydrogen) atoms. The molecule has 0 bridgehead atoms. The predicted molar refractivity (Wildman–Crippen MR) is 65.4 cm³/mol. The molecular weight excluding hydrogens is 258 g/mol. The number of hydrogen-bond acceptors (Lipinski definition) is 4. The SMILES string of the molecule is CCN(Cc1ccco1)S(=O)(=O)CCCC(=O)O. The van der Waals surface area contributed by atoms with Crippen LogP contribution in [0.5, 0.6) is 0 Å². The average molecular weight is 275 g/mol. The van der Waals surface area contributed by atoms with Crippen LogP contribution in [0.25, 0.3) is 0 Å². The van der Waals surface area contributed by atoms with Crippen molar-refractivity contribution in [3.8, 4) is 0 Å². The van der Waals surface area contributed by atoms with Crippen LogP contribution in [-0.4, -0.2) is 36.1 Å². The lowest BCUT2D eigenvalue weighted by molar-refractivity contribution is -0.137. The van der Waals surface area contributed by atoms with E-state index >= 15 is 0 Å². The second kappa shape index (κ2) is 6.55. The van der Waals surface area contributed by atoms with Crippen molar-refractivity contribution in [3.05, 3.63) is 24.2 Å². The summed E-state index contributed by atoms with van der Waals surface area (Å²) >= 11 is 0. The molecule has 0 aromatic carbocycles. The Morgan fingerprint density at radius 1 is 1.50 bits per heavy atom. The molecule has 6 nitrogen and oxygen atoms in total. The Morgan fingerprint density at radius 2 is 2.22 bits per heavy atom.